The molecule has 3 atom stereocenters. The third-order valence-corrected chi connectivity index (χ3v) is 9.26. The third kappa shape index (κ3) is 8.33. The average molecular weight is 689 g/mol. The molecule has 11 heteroatoms. The normalized spacial score (nSPS) is 17.4. The lowest BCUT2D eigenvalue weighted by Crippen LogP contribution is -2.39. The van der Waals surface area contributed by atoms with Crippen molar-refractivity contribution in [3.8, 4) is 5.75 Å². The van der Waals surface area contributed by atoms with E-state index in [4.69, 9.17) is 14.5 Å². The Balaban J connectivity index is 1.38. The lowest BCUT2D eigenvalue weighted by molar-refractivity contribution is -0.139. The Morgan fingerprint density at radius 3 is 2.37 bits per heavy atom. The smallest absolute Gasteiger partial charge is 0.416 e. The van der Waals surface area contributed by atoms with Crippen LogP contribution in [0, 0.1) is 0 Å². The molecule has 11 nitrogen and oxygen atoms in total. The van der Waals surface area contributed by atoms with Crippen molar-refractivity contribution in [2.75, 3.05) is 32.1 Å². The number of carboxylic acid groups (broad SMARTS) is 1. The van der Waals surface area contributed by atoms with Gasteiger partial charge in [-0.15, -0.1) is 0 Å². The maximum atomic E-state index is 13.9. The van der Waals surface area contributed by atoms with E-state index in [1.807, 2.05) is 60.7 Å². The van der Waals surface area contributed by atoms with Crippen LogP contribution in [0.5, 0.6) is 5.75 Å². The maximum absolute atomic E-state index is 13.9. The highest BCUT2D eigenvalue weighted by Gasteiger charge is 2.37. The Morgan fingerprint density at radius 2 is 1.67 bits per heavy atom. The number of aliphatic imine (C=N–C) groups is 1. The van der Waals surface area contributed by atoms with E-state index in [2.05, 4.69) is 10.2 Å². The van der Waals surface area contributed by atoms with Crippen LogP contribution in [0.15, 0.2) is 114 Å². The van der Waals surface area contributed by atoms with Gasteiger partial charge in [-0.25, -0.2) is 14.5 Å². The number of nitrogens with one attached hydrogen (secondary N) is 1. The van der Waals surface area contributed by atoms with Crippen molar-refractivity contribution >= 4 is 35.3 Å². The van der Waals surface area contributed by atoms with Crippen molar-refractivity contribution in [2.24, 2.45) is 4.99 Å². The number of hydrogen-bond acceptors (Lipinski definition) is 8. The zero-order valence-corrected chi connectivity index (χ0v) is 28.3. The minimum absolute atomic E-state index is 0.0699. The standard InChI is InChI=1S/C40H40N4O7/c1-50-30-17-10-16-29(24-30)32(25-35(45)44-22-23-51-40(44)49)37(39(47)48)42-36(28-14-6-3-7-15-28)31-18-8-9-19-33(31)41-38(46)34-20-11-21-43(34)26-27-12-4-2-5-13-27/h2-10,12-19,24,32,34,37H,11,20-23,25-26H2,1H3,(H,41,46)(H,47,48)/t32-,34-,37+/m0/s1. The molecule has 0 bridgehead atoms. The van der Waals surface area contributed by atoms with E-state index in [1.165, 1.54) is 7.11 Å². The topological polar surface area (TPSA) is 138 Å². The number of ether oxygens (including phenoxy) is 2. The summed E-state index contributed by atoms with van der Waals surface area (Å²) < 4.78 is 10.4. The molecule has 2 aliphatic rings. The first-order chi connectivity index (χ1) is 24.8. The van der Waals surface area contributed by atoms with Gasteiger partial charge in [0.05, 0.1) is 31.1 Å². The Morgan fingerprint density at radius 1 is 0.941 bits per heavy atom. The average Bonchev–Trinajstić information content (AvgIpc) is 3.81. The predicted molar refractivity (Wildman–Crippen MR) is 192 cm³/mol. The fourth-order valence-corrected chi connectivity index (χ4v) is 6.70. The molecule has 0 radical (unpaired) electrons. The number of anilines is 1. The molecule has 0 unspecified atom stereocenters. The highest BCUT2D eigenvalue weighted by molar-refractivity contribution is 6.18. The van der Waals surface area contributed by atoms with Crippen molar-refractivity contribution in [2.45, 2.75) is 43.8 Å². The van der Waals surface area contributed by atoms with Gasteiger partial charge in [0, 0.05) is 30.0 Å². The number of nitrogens with zero attached hydrogens (tertiary/aromatic N) is 3. The van der Waals surface area contributed by atoms with Gasteiger partial charge in [-0.05, 0) is 48.7 Å². The van der Waals surface area contributed by atoms with Crippen LogP contribution in [-0.2, 0) is 25.7 Å². The Hall–Kier alpha value is -5.81. The van der Waals surface area contributed by atoms with Crippen LogP contribution in [-0.4, -0.2) is 83.4 Å². The molecular weight excluding hydrogens is 648 g/mol. The highest BCUT2D eigenvalue weighted by Crippen LogP contribution is 2.32. The SMILES string of the molecule is COc1cccc([C@H](CC(=O)N2CCOC2=O)[C@@H](N=C(c2ccccc2)c2ccccc2NC(=O)[C@@H]2CCCN2Cc2ccccc2)C(=O)O)c1. The van der Waals surface area contributed by atoms with Crippen molar-refractivity contribution in [3.05, 3.63) is 131 Å². The highest BCUT2D eigenvalue weighted by atomic mass is 16.6. The zero-order valence-electron chi connectivity index (χ0n) is 28.3. The van der Waals surface area contributed by atoms with Gasteiger partial charge in [0.15, 0.2) is 6.04 Å². The Bertz CT molecular complexity index is 1900. The lowest BCUT2D eigenvalue weighted by atomic mass is 9.87. The van der Waals surface area contributed by atoms with Gasteiger partial charge < -0.3 is 19.9 Å². The molecule has 0 aromatic heterocycles. The second-order valence-corrected chi connectivity index (χ2v) is 12.5. The van der Waals surface area contributed by atoms with E-state index in [1.54, 1.807) is 48.5 Å². The summed E-state index contributed by atoms with van der Waals surface area (Å²) in [5.74, 6) is -2.52. The Kier molecular flexibility index (Phi) is 11.2. The summed E-state index contributed by atoms with van der Waals surface area (Å²) in [5, 5.41) is 13.9. The van der Waals surface area contributed by atoms with Gasteiger partial charge in [0.2, 0.25) is 11.8 Å². The van der Waals surface area contributed by atoms with Crippen LogP contribution in [0.3, 0.4) is 0 Å². The van der Waals surface area contributed by atoms with Crippen LogP contribution in [0.1, 0.15) is 47.4 Å². The van der Waals surface area contributed by atoms with Gasteiger partial charge in [0.1, 0.15) is 12.4 Å². The molecule has 2 saturated heterocycles. The van der Waals surface area contributed by atoms with Crippen LogP contribution >= 0.6 is 0 Å². The molecule has 2 heterocycles. The van der Waals surface area contributed by atoms with Crippen LogP contribution in [0.4, 0.5) is 10.5 Å². The van der Waals surface area contributed by atoms with Gasteiger partial charge in [0.25, 0.3) is 0 Å². The maximum Gasteiger partial charge on any atom is 0.416 e. The molecule has 2 N–H and O–H groups in total. The van der Waals surface area contributed by atoms with Gasteiger partial charge in [-0.3, -0.25) is 19.5 Å². The number of carboxylic acids is 1. The van der Waals surface area contributed by atoms with Gasteiger partial charge >= 0.3 is 12.1 Å². The van der Waals surface area contributed by atoms with Crippen molar-refractivity contribution < 1.29 is 33.8 Å². The molecular formula is C40H40N4O7. The fraction of sp³-hybridized carbons (Fsp3) is 0.275. The number of methoxy groups -OCH3 is 1. The number of para-hydroxylation sites is 1. The minimum atomic E-state index is -1.48. The summed E-state index contributed by atoms with van der Waals surface area (Å²) in [4.78, 5) is 61.0. The third-order valence-electron chi connectivity index (χ3n) is 9.26. The van der Waals surface area contributed by atoms with E-state index < -0.39 is 29.9 Å². The predicted octanol–water partition coefficient (Wildman–Crippen LogP) is 5.74. The monoisotopic (exact) mass is 688 g/mol. The first-order valence-corrected chi connectivity index (χ1v) is 17.0. The number of imide groups is 1. The molecule has 6 rings (SSSR count). The first-order valence-electron chi connectivity index (χ1n) is 17.0. The summed E-state index contributed by atoms with van der Waals surface area (Å²) in [7, 11) is 1.50. The van der Waals surface area contributed by atoms with E-state index in [0.717, 1.165) is 23.4 Å². The molecule has 4 aromatic carbocycles. The zero-order chi connectivity index (χ0) is 35.7. The Labute approximate surface area is 296 Å². The number of likely N-dealkylation sites (tertiary alicyclic amines) is 1. The van der Waals surface area contributed by atoms with Crippen molar-refractivity contribution in [1.82, 2.24) is 9.80 Å². The molecule has 51 heavy (non-hydrogen) atoms. The molecule has 4 aromatic rings. The minimum Gasteiger partial charge on any atom is -0.497 e. The van der Waals surface area contributed by atoms with Gasteiger partial charge in [-0.1, -0.05) is 91.0 Å². The molecule has 3 amide bonds. The fourth-order valence-electron chi connectivity index (χ4n) is 6.70. The second-order valence-electron chi connectivity index (χ2n) is 12.5. The van der Waals surface area contributed by atoms with Crippen molar-refractivity contribution in [3.63, 3.8) is 0 Å². The van der Waals surface area contributed by atoms with E-state index >= 15 is 0 Å². The first kappa shape index (κ1) is 35.0. The lowest BCUT2D eigenvalue weighted by Gasteiger charge is -2.26. The summed E-state index contributed by atoms with van der Waals surface area (Å²) in [6, 6.07) is 31.4. The number of amides is 3. The van der Waals surface area contributed by atoms with E-state index in [0.29, 0.717) is 46.8 Å². The van der Waals surface area contributed by atoms with Crippen LogP contribution < -0.4 is 10.1 Å². The number of carbonyl (C=O) groups is 4. The quantitative estimate of drug-likeness (QED) is 0.170. The number of carbonyl (C=O) groups excluding carboxylic acids is 3. The number of aliphatic carboxylic acids is 1. The van der Waals surface area contributed by atoms with Crippen molar-refractivity contribution in [1.29, 1.82) is 0 Å². The van der Waals surface area contributed by atoms with Gasteiger partial charge in [-0.2, -0.15) is 0 Å². The number of cyclic esters (lactones) is 1. The summed E-state index contributed by atoms with van der Waals surface area (Å²) >= 11 is 0. The second kappa shape index (κ2) is 16.3. The van der Waals surface area contributed by atoms with Crippen LogP contribution in [0.2, 0.25) is 0 Å². The molecule has 0 spiro atoms. The van der Waals surface area contributed by atoms with E-state index in [-0.39, 0.29) is 31.5 Å². The molecule has 2 aliphatic heterocycles. The number of benzene rings is 4. The van der Waals surface area contributed by atoms with Crippen LogP contribution in [0.25, 0.3) is 0 Å². The number of hydrogen-bond donors (Lipinski definition) is 2. The molecule has 262 valence electrons. The summed E-state index contributed by atoms with van der Waals surface area (Å²) in [6.45, 7) is 1.60. The summed E-state index contributed by atoms with van der Waals surface area (Å²) in [6.07, 6.45) is 0.507. The molecule has 0 aliphatic carbocycles. The summed E-state index contributed by atoms with van der Waals surface area (Å²) in [5.41, 5.74) is 3.58. The van der Waals surface area contributed by atoms with E-state index in [9.17, 15) is 24.3 Å². The molecule has 0 saturated carbocycles. The largest absolute Gasteiger partial charge is 0.497 e. The number of rotatable bonds is 13. The molecule has 2 fully saturated rings.